The maximum absolute atomic E-state index is 11.0. The molecule has 106 valence electrons. The molecule has 1 aliphatic rings. The summed E-state index contributed by atoms with van der Waals surface area (Å²) in [4.78, 5) is 0. The van der Waals surface area contributed by atoms with Crippen molar-refractivity contribution in [3.8, 4) is 0 Å². The number of benzene rings is 1. The molecule has 2 unspecified atom stereocenters. The highest BCUT2D eigenvalue weighted by Crippen LogP contribution is 2.42. The van der Waals surface area contributed by atoms with E-state index in [1.165, 1.54) is 0 Å². The summed E-state index contributed by atoms with van der Waals surface area (Å²) in [6.07, 6.45) is 0.456. The van der Waals surface area contributed by atoms with Crippen LogP contribution in [-0.4, -0.2) is 25.7 Å². The summed E-state index contributed by atoms with van der Waals surface area (Å²) in [5.74, 6) is -0.152. The third-order valence-corrected chi connectivity index (χ3v) is 4.61. The molecule has 5 nitrogen and oxygen atoms in total. The van der Waals surface area contributed by atoms with Crippen LogP contribution in [-0.2, 0) is 15.8 Å². The topological polar surface area (TPSA) is 92.4 Å². The van der Waals surface area contributed by atoms with E-state index in [-0.39, 0.29) is 23.3 Å². The van der Waals surface area contributed by atoms with Gasteiger partial charge in [0.2, 0.25) is 10.0 Å². The number of sulfonamides is 1. The van der Waals surface area contributed by atoms with E-state index < -0.39 is 10.0 Å². The molecule has 19 heavy (non-hydrogen) atoms. The number of hydrogen-bond acceptors (Lipinski definition) is 4. The Balaban J connectivity index is 2.00. The van der Waals surface area contributed by atoms with Gasteiger partial charge in [-0.2, -0.15) is 0 Å². The highest BCUT2D eigenvalue weighted by molar-refractivity contribution is 7.88. The molecule has 1 saturated carbocycles. The van der Waals surface area contributed by atoms with Crippen molar-refractivity contribution >= 4 is 15.7 Å². The van der Waals surface area contributed by atoms with Gasteiger partial charge in [0, 0.05) is 17.1 Å². The Labute approximate surface area is 113 Å². The Morgan fingerprint density at radius 2 is 1.95 bits per heavy atom. The zero-order chi connectivity index (χ0) is 14.3. The van der Waals surface area contributed by atoms with E-state index in [2.05, 4.69) is 5.32 Å². The van der Waals surface area contributed by atoms with Crippen molar-refractivity contribution in [2.75, 3.05) is 5.32 Å². The van der Waals surface area contributed by atoms with Crippen LogP contribution in [0, 0.1) is 5.41 Å². The van der Waals surface area contributed by atoms with Crippen molar-refractivity contribution in [3.63, 3.8) is 0 Å². The number of primary sulfonamides is 1. The van der Waals surface area contributed by atoms with Gasteiger partial charge in [-0.25, -0.2) is 13.6 Å². The maximum Gasteiger partial charge on any atom is 0.213 e. The van der Waals surface area contributed by atoms with Crippen LogP contribution in [0.15, 0.2) is 24.3 Å². The van der Waals surface area contributed by atoms with Gasteiger partial charge in [0.25, 0.3) is 0 Å². The van der Waals surface area contributed by atoms with Gasteiger partial charge in [-0.1, -0.05) is 26.0 Å². The van der Waals surface area contributed by atoms with Crippen LogP contribution in [0.4, 0.5) is 5.69 Å². The van der Waals surface area contributed by atoms with Crippen molar-refractivity contribution in [2.45, 2.75) is 38.2 Å². The average Bonchev–Trinajstić information content (AvgIpc) is 2.29. The van der Waals surface area contributed by atoms with Crippen molar-refractivity contribution < 1.29 is 13.5 Å². The molecule has 1 aromatic rings. The summed E-state index contributed by atoms with van der Waals surface area (Å²) >= 11 is 0. The zero-order valence-corrected chi connectivity index (χ0v) is 11.9. The monoisotopic (exact) mass is 284 g/mol. The summed E-state index contributed by atoms with van der Waals surface area (Å²) in [5, 5.41) is 18.0. The maximum atomic E-state index is 11.0. The molecule has 0 saturated heterocycles. The van der Waals surface area contributed by atoms with Crippen LogP contribution < -0.4 is 10.5 Å². The molecule has 0 heterocycles. The number of rotatable bonds is 4. The lowest BCUT2D eigenvalue weighted by Gasteiger charge is -2.49. The first-order valence-corrected chi connectivity index (χ1v) is 7.94. The van der Waals surface area contributed by atoms with Gasteiger partial charge in [-0.3, -0.25) is 0 Å². The lowest BCUT2D eigenvalue weighted by Crippen LogP contribution is -2.56. The number of nitrogens with one attached hydrogen (secondary N) is 1. The van der Waals surface area contributed by atoms with E-state index in [4.69, 9.17) is 5.14 Å². The van der Waals surface area contributed by atoms with Gasteiger partial charge in [0.05, 0.1) is 11.9 Å². The normalized spacial score (nSPS) is 25.7. The van der Waals surface area contributed by atoms with Crippen molar-refractivity contribution in [1.29, 1.82) is 0 Å². The molecule has 0 aliphatic heterocycles. The Morgan fingerprint density at radius 1 is 1.37 bits per heavy atom. The third-order valence-electron chi connectivity index (χ3n) is 3.88. The first-order chi connectivity index (χ1) is 8.68. The Kier molecular flexibility index (Phi) is 3.59. The molecule has 1 aromatic carbocycles. The van der Waals surface area contributed by atoms with Crippen molar-refractivity contribution in [3.05, 3.63) is 29.8 Å². The summed E-state index contributed by atoms with van der Waals surface area (Å²) in [7, 11) is -3.49. The van der Waals surface area contributed by atoms with Crippen LogP contribution in [0.25, 0.3) is 0 Å². The van der Waals surface area contributed by atoms with Crippen molar-refractivity contribution in [1.82, 2.24) is 0 Å². The van der Waals surface area contributed by atoms with Gasteiger partial charge in [-0.05, 0) is 24.1 Å². The van der Waals surface area contributed by atoms with E-state index >= 15 is 0 Å². The molecule has 2 atom stereocenters. The minimum absolute atomic E-state index is 0.140. The minimum Gasteiger partial charge on any atom is -0.392 e. The number of nitrogens with two attached hydrogens (primary N) is 1. The van der Waals surface area contributed by atoms with E-state index in [1.54, 1.807) is 12.1 Å². The molecule has 6 heteroatoms. The summed E-state index contributed by atoms with van der Waals surface area (Å²) in [6.45, 7) is 4.04. The fraction of sp³-hybridized carbons (Fsp3) is 0.538. The van der Waals surface area contributed by atoms with E-state index in [1.807, 2.05) is 26.0 Å². The van der Waals surface area contributed by atoms with Gasteiger partial charge in [0.15, 0.2) is 0 Å². The number of aliphatic hydroxyl groups is 1. The SMILES string of the molecule is CC1(C)C(O)CC1Nc1ccc(CS(N)(=O)=O)cc1. The molecule has 1 fully saturated rings. The molecule has 0 aromatic heterocycles. The zero-order valence-electron chi connectivity index (χ0n) is 11.1. The Bertz CT molecular complexity index is 552. The fourth-order valence-corrected chi connectivity index (χ4v) is 2.94. The van der Waals surface area contributed by atoms with Crippen LogP contribution in [0.5, 0.6) is 0 Å². The van der Waals surface area contributed by atoms with E-state index in [9.17, 15) is 13.5 Å². The molecule has 0 spiro atoms. The quantitative estimate of drug-likeness (QED) is 0.770. The second kappa shape index (κ2) is 4.77. The summed E-state index contributed by atoms with van der Waals surface area (Å²) < 4.78 is 21.9. The van der Waals surface area contributed by atoms with Gasteiger partial charge in [-0.15, -0.1) is 0 Å². The number of aliphatic hydroxyl groups excluding tert-OH is 1. The largest absolute Gasteiger partial charge is 0.392 e. The van der Waals surface area contributed by atoms with Crippen LogP contribution in [0.1, 0.15) is 25.8 Å². The van der Waals surface area contributed by atoms with E-state index in [0.29, 0.717) is 5.56 Å². The van der Waals surface area contributed by atoms with Crippen LogP contribution in [0.2, 0.25) is 0 Å². The number of anilines is 1. The van der Waals surface area contributed by atoms with Gasteiger partial charge < -0.3 is 10.4 Å². The van der Waals surface area contributed by atoms with Gasteiger partial charge in [0.1, 0.15) is 0 Å². The minimum atomic E-state index is -3.49. The predicted molar refractivity (Wildman–Crippen MR) is 75.1 cm³/mol. The molecule has 0 radical (unpaired) electrons. The number of hydrogen-bond donors (Lipinski definition) is 3. The second-order valence-corrected chi connectivity index (χ2v) is 7.39. The molecule has 2 rings (SSSR count). The highest BCUT2D eigenvalue weighted by atomic mass is 32.2. The highest BCUT2D eigenvalue weighted by Gasteiger charge is 2.47. The lowest BCUT2D eigenvalue weighted by atomic mass is 9.64. The smallest absolute Gasteiger partial charge is 0.213 e. The fourth-order valence-electron chi connectivity index (χ4n) is 2.28. The van der Waals surface area contributed by atoms with Crippen molar-refractivity contribution in [2.24, 2.45) is 10.6 Å². The van der Waals surface area contributed by atoms with Crippen LogP contribution in [0.3, 0.4) is 0 Å². The molecular formula is C13H20N2O3S. The standard InChI is InChI=1S/C13H20N2O3S/c1-13(2)11(7-12(13)16)15-10-5-3-9(4-6-10)8-19(14,17)18/h3-6,11-12,15-16H,7-8H2,1-2H3,(H2,14,17,18). The summed E-state index contributed by atoms with van der Waals surface area (Å²) in [5.41, 5.74) is 1.45. The average molecular weight is 284 g/mol. The second-order valence-electron chi connectivity index (χ2n) is 5.77. The van der Waals surface area contributed by atoms with Gasteiger partial charge >= 0.3 is 0 Å². The third kappa shape index (κ3) is 3.26. The lowest BCUT2D eigenvalue weighted by molar-refractivity contribution is -0.0510. The molecular weight excluding hydrogens is 264 g/mol. The summed E-state index contributed by atoms with van der Waals surface area (Å²) in [6, 6.07) is 7.39. The molecule has 0 amide bonds. The Hall–Kier alpha value is -1.11. The van der Waals surface area contributed by atoms with Crippen LogP contribution >= 0.6 is 0 Å². The molecule has 4 N–H and O–H groups in total. The first-order valence-electron chi connectivity index (χ1n) is 6.22. The first kappa shape index (κ1) is 14.3. The van der Waals surface area contributed by atoms with E-state index in [0.717, 1.165) is 12.1 Å². The predicted octanol–water partition coefficient (Wildman–Crippen LogP) is 1.05. The molecule has 0 bridgehead atoms. The molecule has 1 aliphatic carbocycles. The Morgan fingerprint density at radius 3 is 2.37 bits per heavy atom.